The number of hydrogen-bond donors (Lipinski definition) is 2. The van der Waals surface area contributed by atoms with Crippen molar-refractivity contribution in [2.75, 3.05) is 13.7 Å². The number of esters is 1. The van der Waals surface area contributed by atoms with Crippen LogP contribution in [0, 0.1) is 5.82 Å². The first-order valence-corrected chi connectivity index (χ1v) is 5.62. The molecular formula is C12H14F3NO4. The largest absolute Gasteiger partial charge is 0.504 e. The van der Waals surface area contributed by atoms with Gasteiger partial charge in [-0.15, -0.1) is 0 Å². The number of aromatic hydroxyl groups is 1. The highest BCUT2D eigenvalue weighted by Crippen LogP contribution is 2.40. The fourth-order valence-electron chi connectivity index (χ4n) is 1.54. The number of phenols is 1. The van der Waals surface area contributed by atoms with E-state index in [0.717, 1.165) is 13.2 Å². The van der Waals surface area contributed by atoms with Gasteiger partial charge in [-0.3, -0.25) is 0 Å². The monoisotopic (exact) mass is 293 g/mol. The van der Waals surface area contributed by atoms with Crippen LogP contribution in [0.5, 0.6) is 11.5 Å². The number of phenolic OH excluding ortho intramolecular Hbond substituents is 1. The zero-order valence-corrected chi connectivity index (χ0v) is 10.8. The van der Waals surface area contributed by atoms with Gasteiger partial charge in [-0.1, -0.05) is 0 Å². The molecule has 0 unspecified atom stereocenters. The SMILES string of the molecule is CCOC(=O)C(F)(F)[C@H](N)c1cc(F)cc(OC)c1O. The number of carbonyl (C=O) groups excluding carboxylic acids is 1. The van der Waals surface area contributed by atoms with Gasteiger partial charge in [0.25, 0.3) is 0 Å². The van der Waals surface area contributed by atoms with Gasteiger partial charge >= 0.3 is 11.9 Å². The molecule has 0 aliphatic rings. The Morgan fingerprint density at radius 2 is 2.10 bits per heavy atom. The molecule has 0 aromatic heterocycles. The van der Waals surface area contributed by atoms with Crippen LogP contribution in [-0.2, 0) is 9.53 Å². The molecule has 3 N–H and O–H groups in total. The lowest BCUT2D eigenvalue weighted by Crippen LogP contribution is -2.41. The molecule has 20 heavy (non-hydrogen) atoms. The molecule has 1 atom stereocenters. The molecule has 0 amide bonds. The van der Waals surface area contributed by atoms with Gasteiger partial charge in [0.1, 0.15) is 11.9 Å². The van der Waals surface area contributed by atoms with Gasteiger partial charge in [-0.2, -0.15) is 8.78 Å². The number of hydrogen-bond acceptors (Lipinski definition) is 5. The van der Waals surface area contributed by atoms with E-state index in [4.69, 9.17) is 5.73 Å². The van der Waals surface area contributed by atoms with Crippen molar-refractivity contribution in [3.63, 3.8) is 0 Å². The predicted octanol–water partition coefficient (Wildman–Crippen LogP) is 1.74. The van der Waals surface area contributed by atoms with Crippen LogP contribution in [-0.4, -0.2) is 30.7 Å². The highest BCUT2D eigenvalue weighted by atomic mass is 19.3. The lowest BCUT2D eigenvalue weighted by Gasteiger charge is -2.23. The van der Waals surface area contributed by atoms with E-state index < -0.39 is 35.1 Å². The first kappa shape index (κ1) is 16.1. The quantitative estimate of drug-likeness (QED) is 0.808. The minimum atomic E-state index is -4.12. The summed E-state index contributed by atoms with van der Waals surface area (Å²) < 4.78 is 49.6. The van der Waals surface area contributed by atoms with Crippen LogP contribution < -0.4 is 10.5 Å². The maximum atomic E-state index is 13.8. The number of benzene rings is 1. The highest BCUT2D eigenvalue weighted by Gasteiger charge is 2.49. The fraction of sp³-hybridized carbons (Fsp3) is 0.417. The molecule has 0 aliphatic heterocycles. The first-order valence-electron chi connectivity index (χ1n) is 5.62. The van der Waals surface area contributed by atoms with E-state index in [1.54, 1.807) is 0 Å². The van der Waals surface area contributed by atoms with Crippen molar-refractivity contribution in [1.29, 1.82) is 0 Å². The van der Waals surface area contributed by atoms with E-state index >= 15 is 0 Å². The van der Waals surface area contributed by atoms with Crippen molar-refractivity contribution >= 4 is 5.97 Å². The van der Waals surface area contributed by atoms with Crippen molar-refractivity contribution in [2.24, 2.45) is 5.73 Å². The lowest BCUT2D eigenvalue weighted by atomic mass is 9.99. The van der Waals surface area contributed by atoms with Crippen molar-refractivity contribution in [1.82, 2.24) is 0 Å². The summed E-state index contributed by atoms with van der Waals surface area (Å²) in [5, 5.41) is 9.70. The van der Waals surface area contributed by atoms with Crippen LogP contribution in [0.25, 0.3) is 0 Å². The Balaban J connectivity index is 3.23. The third-order valence-corrected chi connectivity index (χ3v) is 2.56. The molecule has 1 rings (SSSR count). The average Bonchev–Trinajstić information content (AvgIpc) is 2.40. The maximum Gasteiger partial charge on any atom is 0.379 e. The fourth-order valence-corrected chi connectivity index (χ4v) is 1.54. The van der Waals surface area contributed by atoms with Crippen LogP contribution in [0.3, 0.4) is 0 Å². The Hall–Kier alpha value is -1.96. The number of nitrogens with two attached hydrogens (primary N) is 1. The zero-order valence-electron chi connectivity index (χ0n) is 10.8. The molecule has 1 aromatic carbocycles. The Bertz CT molecular complexity index is 508. The van der Waals surface area contributed by atoms with E-state index in [2.05, 4.69) is 9.47 Å². The summed E-state index contributed by atoms with van der Waals surface area (Å²) in [5.74, 6) is -8.04. The summed E-state index contributed by atoms with van der Waals surface area (Å²) in [5.41, 5.74) is 4.61. The number of halogens is 3. The maximum absolute atomic E-state index is 13.8. The molecule has 1 aromatic rings. The standard InChI is InChI=1S/C12H14F3NO4/c1-3-20-11(18)12(14,15)10(16)7-4-6(13)5-8(19-2)9(7)17/h4-5,10,17H,3,16H2,1-2H3/t10-/m1/s1. The van der Waals surface area contributed by atoms with Gasteiger partial charge in [-0.25, -0.2) is 9.18 Å². The molecule has 0 bridgehead atoms. The zero-order chi connectivity index (χ0) is 15.5. The summed E-state index contributed by atoms with van der Waals surface area (Å²) in [6.45, 7) is 1.09. The highest BCUT2D eigenvalue weighted by molar-refractivity contribution is 5.79. The molecule has 0 radical (unpaired) electrons. The van der Waals surface area contributed by atoms with Gasteiger partial charge in [0.2, 0.25) is 0 Å². The van der Waals surface area contributed by atoms with E-state index in [9.17, 15) is 23.1 Å². The van der Waals surface area contributed by atoms with E-state index in [-0.39, 0.29) is 12.4 Å². The summed E-state index contributed by atoms with van der Waals surface area (Å²) in [6, 6.07) is -0.866. The number of rotatable bonds is 5. The van der Waals surface area contributed by atoms with Crippen molar-refractivity contribution in [3.05, 3.63) is 23.5 Å². The predicted molar refractivity (Wildman–Crippen MR) is 63.1 cm³/mol. The summed E-state index contributed by atoms with van der Waals surface area (Å²) >= 11 is 0. The second-order valence-corrected chi connectivity index (χ2v) is 3.87. The Labute approximate surface area is 113 Å². The number of alkyl halides is 2. The lowest BCUT2D eigenvalue weighted by molar-refractivity contribution is -0.174. The molecule has 112 valence electrons. The van der Waals surface area contributed by atoms with Crippen LogP contribution in [0.15, 0.2) is 12.1 Å². The minimum Gasteiger partial charge on any atom is -0.504 e. The molecule has 5 nitrogen and oxygen atoms in total. The molecule has 8 heteroatoms. The molecule has 0 saturated carbocycles. The van der Waals surface area contributed by atoms with Crippen LogP contribution in [0.1, 0.15) is 18.5 Å². The topological polar surface area (TPSA) is 81.8 Å². The molecule has 0 heterocycles. The molecule has 0 spiro atoms. The van der Waals surface area contributed by atoms with Crippen molar-refractivity contribution in [3.8, 4) is 11.5 Å². The van der Waals surface area contributed by atoms with Gasteiger partial charge in [0.05, 0.1) is 13.7 Å². The molecule has 0 fully saturated rings. The molecular weight excluding hydrogens is 279 g/mol. The van der Waals surface area contributed by atoms with Crippen LogP contribution in [0.2, 0.25) is 0 Å². The first-order chi connectivity index (χ1) is 9.25. The van der Waals surface area contributed by atoms with E-state index in [0.29, 0.717) is 6.07 Å². The third kappa shape index (κ3) is 2.96. The number of methoxy groups -OCH3 is 1. The smallest absolute Gasteiger partial charge is 0.379 e. The average molecular weight is 293 g/mol. The summed E-state index contributed by atoms with van der Waals surface area (Å²) in [4.78, 5) is 11.2. The van der Waals surface area contributed by atoms with Gasteiger partial charge in [-0.05, 0) is 13.0 Å². The summed E-state index contributed by atoms with van der Waals surface area (Å²) in [7, 11) is 1.12. The Kier molecular flexibility index (Phi) is 4.83. The second kappa shape index (κ2) is 6.00. The van der Waals surface area contributed by atoms with Crippen molar-refractivity contribution < 1.29 is 32.5 Å². The Morgan fingerprint density at radius 1 is 1.50 bits per heavy atom. The molecule has 0 saturated heterocycles. The van der Waals surface area contributed by atoms with Gasteiger partial charge in [0, 0.05) is 11.6 Å². The van der Waals surface area contributed by atoms with E-state index in [1.165, 1.54) is 6.92 Å². The van der Waals surface area contributed by atoms with E-state index in [1.807, 2.05) is 0 Å². The minimum absolute atomic E-state index is 0.264. The van der Waals surface area contributed by atoms with Gasteiger partial charge in [0.15, 0.2) is 11.5 Å². The van der Waals surface area contributed by atoms with Crippen LogP contribution in [0.4, 0.5) is 13.2 Å². The normalized spacial score (nSPS) is 12.9. The number of ether oxygens (including phenoxy) is 2. The second-order valence-electron chi connectivity index (χ2n) is 3.87. The Morgan fingerprint density at radius 3 is 2.60 bits per heavy atom. The third-order valence-electron chi connectivity index (χ3n) is 2.56. The number of carbonyl (C=O) groups is 1. The van der Waals surface area contributed by atoms with Crippen molar-refractivity contribution in [2.45, 2.75) is 18.9 Å². The molecule has 0 aliphatic carbocycles. The van der Waals surface area contributed by atoms with Crippen LogP contribution >= 0.6 is 0 Å². The summed E-state index contributed by atoms with van der Waals surface area (Å²) in [6.07, 6.45) is 0. The van der Waals surface area contributed by atoms with Gasteiger partial charge < -0.3 is 20.3 Å².